The Bertz CT molecular complexity index is 572. The summed E-state index contributed by atoms with van der Waals surface area (Å²) < 4.78 is 5.19. The van der Waals surface area contributed by atoms with Crippen LogP contribution >= 0.6 is 0 Å². The number of furan rings is 1. The first-order chi connectivity index (χ1) is 10.2. The molecule has 1 aromatic heterocycles. The van der Waals surface area contributed by atoms with Gasteiger partial charge in [-0.2, -0.15) is 0 Å². The van der Waals surface area contributed by atoms with E-state index in [2.05, 4.69) is 24.4 Å². The summed E-state index contributed by atoms with van der Waals surface area (Å²) in [7, 11) is 0. The van der Waals surface area contributed by atoms with E-state index in [0.717, 1.165) is 12.1 Å². The van der Waals surface area contributed by atoms with Crippen molar-refractivity contribution in [3.63, 3.8) is 0 Å². The highest BCUT2D eigenvalue weighted by atomic mass is 16.4. The molecule has 0 aliphatic heterocycles. The van der Waals surface area contributed by atoms with Gasteiger partial charge in [0, 0.05) is 5.69 Å². The second kappa shape index (κ2) is 7.53. The number of aryl methyl sites for hydroxylation is 1. The zero-order valence-electron chi connectivity index (χ0n) is 12.3. The first-order valence-corrected chi connectivity index (χ1v) is 7.34. The summed E-state index contributed by atoms with van der Waals surface area (Å²) >= 11 is 0. The topological polar surface area (TPSA) is 62.5 Å². The van der Waals surface area contributed by atoms with Crippen LogP contribution in [0.3, 0.4) is 0 Å². The van der Waals surface area contributed by atoms with Crippen LogP contribution in [0.2, 0.25) is 0 Å². The zero-order valence-corrected chi connectivity index (χ0v) is 12.3. The van der Waals surface area contributed by atoms with Crippen LogP contribution in [0.5, 0.6) is 0 Å². The molecule has 112 valence electrons. The fourth-order valence-electron chi connectivity index (χ4n) is 2.15. The highest BCUT2D eigenvalue weighted by molar-refractivity contribution is 5.84. The Kier molecular flexibility index (Phi) is 5.43. The standard InChI is InChI=1S/C17H21NO3/c1-2-3-4-5-13-6-8-14(9-7-13)18-12-15-10-11-16(21-15)17(19)20/h6-11,18H,2-5,12H2,1H3,(H,19,20). The Labute approximate surface area is 124 Å². The van der Waals surface area contributed by atoms with Gasteiger partial charge in [0.25, 0.3) is 0 Å². The molecule has 0 radical (unpaired) electrons. The van der Waals surface area contributed by atoms with Crippen LogP contribution in [0.1, 0.15) is 48.1 Å². The Balaban J connectivity index is 1.83. The molecule has 4 nitrogen and oxygen atoms in total. The molecule has 0 atom stereocenters. The molecule has 0 bridgehead atoms. The van der Waals surface area contributed by atoms with Crippen LogP contribution < -0.4 is 5.32 Å². The molecule has 1 heterocycles. The molecule has 4 heteroatoms. The minimum Gasteiger partial charge on any atom is -0.475 e. The Morgan fingerprint density at radius 2 is 1.90 bits per heavy atom. The highest BCUT2D eigenvalue weighted by Gasteiger charge is 2.08. The Morgan fingerprint density at radius 1 is 1.14 bits per heavy atom. The molecule has 0 spiro atoms. The summed E-state index contributed by atoms with van der Waals surface area (Å²) in [4.78, 5) is 10.7. The maximum Gasteiger partial charge on any atom is 0.371 e. The molecule has 0 aliphatic rings. The van der Waals surface area contributed by atoms with Crippen molar-refractivity contribution in [1.29, 1.82) is 0 Å². The van der Waals surface area contributed by atoms with Crippen molar-refractivity contribution in [2.45, 2.75) is 39.2 Å². The summed E-state index contributed by atoms with van der Waals surface area (Å²) in [5.41, 5.74) is 2.35. The maximum absolute atomic E-state index is 10.7. The summed E-state index contributed by atoms with van der Waals surface area (Å²) in [5.74, 6) is -0.463. The van der Waals surface area contributed by atoms with Crippen molar-refractivity contribution in [3.05, 3.63) is 53.5 Å². The van der Waals surface area contributed by atoms with Crippen LogP contribution in [0.25, 0.3) is 0 Å². The highest BCUT2D eigenvalue weighted by Crippen LogP contribution is 2.14. The van der Waals surface area contributed by atoms with E-state index < -0.39 is 5.97 Å². The molecular formula is C17H21NO3. The normalized spacial score (nSPS) is 10.5. The van der Waals surface area contributed by atoms with Crippen LogP contribution in [0.4, 0.5) is 5.69 Å². The third kappa shape index (κ3) is 4.67. The van der Waals surface area contributed by atoms with Gasteiger partial charge < -0.3 is 14.8 Å². The number of anilines is 1. The average Bonchev–Trinajstić information content (AvgIpc) is 2.96. The van der Waals surface area contributed by atoms with E-state index in [1.54, 1.807) is 6.07 Å². The molecule has 2 aromatic rings. The Hall–Kier alpha value is -2.23. The van der Waals surface area contributed by atoms with Crippen molar-refractivity contribution in [1.82, 2.24) is 0 Å². The van der Waals surface area contributed by atoms with Gasteiger partial charge in [0.15, 0.2) is 0 Å². The van der Waals surface area contributed by atoms with Gasteiger partial charge in [-0.15, -0.1) is 0 Å². The van der Waals surface area contributed by atoms with Gasteiger partial charge in [0.2, 0.25) is 5.76 Å². The molecule has 2 rings (SSSR count). The van der Waals surface area contributed by atoms with E-state index in [1.165, 1.54) is 30.9 Å². The van der Waals surface area contributed by atoms with Gasteiger partial charge in [0.1, 0.15) is 5.76 Å². The van der Waals surface area contributed by atoms with Crippen LogP contribution in [-0.4, -0.2) is 11.1 Å². The molecule has 1 aromatic carbocycles. The molecule has 0 saturated heterocycles. The predicted octanol–water partition coefficient (Wildman–Crippen LogP) is 4.32. The minimum absolute atomic E-state index is 0.0296. The number of rotatable bonds is 8. The van der Waals surface area contributed by atoms with Crippen LogP contribution in [0, 0.1) is 0 Å². The van der Waals surface area contributed by atoms with E-state index in [9.17, 15) is 4.79 Å². The molecule has 2 N–H and O–H groups in total. The molecule has 0 amide bonds. The van der Waals surface area contributed by atoms with Crippen molar-refractivity contribution in [2.75, 3.05) is 5.32 Å². The summed E-state index contributed by atoms with van der Waals surface area (Å²) in [6.07, 6.45) is 4.85. The van der Waals surface area contributed by atoms with E-state index in [-0.39, 0.29) is 5.76 Å². The summed E-state index contributed by atoms with van der Waals surface area (Å²) in [5, 5.41) is 12.0. The second-order valence-corrected chi connectivity index (χ2v) is 5.08. The summed E-state index contributed by atoms with van der Waals surface area (Å²) in [6.45, 7) is 2.68. The molecule has 0 aliphatic carbocycles. The SMILES string of the molecule is CCCCCc1ccc(NCc2ccc(C(=O)O)o2)cc1. The number of benzene rings is 1. The first-order valence-electron chi connectivity index (χ1n) is 7.34. The van der Waals surface area contributed by atoms with Crippen LogP contribution in [-0.2, 0) is 13.0 Å². The van der Waals surface area contributed by atoms with Crippen molar-refractivity contribution < 1.29 is 14.3 Å². The summed E-state index contributed by atoms with van der Waals surface area (Å²) in [6, 6.07) is 11.5. The number of hydrogen-bond acceptors (Lipinski definition) is 3. The fourth-order valence-corrected chi connectivity index (χ4v) is 2.15. The average molecular weight is 287 g/mol. The minimum atomic E-state index is -1.04. The van der Waals surface area contributed by atoms with E-state index in [4.69, 9.17) is 9.52 Å². The number of carbonyl (C=O) groups is 1. The number of hydrogen-bond donors (Lipinski definition) is 2. The monoisotopic (exact) mass is 287 g/mol. The molecular weight excluding hydrogens is 266 g/mol. The number of carboxylic acids is 1. The number of nitrogens with one attached hydrogen (secondary N) is 1. The van der Waals surface area contributed by atoms with E-state index >= 15 is 0 Å². The van der Waals surface area contributed by atoms with Gasteiger partial charge in [-0.3, -0.25) is 0 Å². The fraction of sp³-hybridized carbons (Fsp3) is 0.353. The number of aromatic carboxylic acids is 1. The molecule has 0 unspecified atom stereocenters. The lowest BCUT2D eigenvalue weighted by atomic mass is 10.1. The van der Waals surface area contributed by atoms with Crippen molar-refractivity contribution in [3.8, 4) is 0 Å². The molecule has 0 fully saturated rings. The van der Waals surface area contributed by atoms with Gasteiger partial charge in [0.05, 0.1) is 6.54 Å². The zero-order chi connectivity index (χ0) is 15.1. The van der Waals surface area contributed by atoms with Gasteiger partial charge in [-0.1, -0.05) is 31.9 Å². The maximum atomic E-state index is 10.7. The lowest BCUT2D eigenvalue weighted by molar-refractivity contribution is 0.0660. The van der Waals surface area contributed by atoms with Crippen molar-refractivity contribution >= 4 is 11.7 Å². The predicted molar refractivity (Wildman–Crippen MR) is 82.7 cm³/mol. The molecule has 0 saturated carbocycles. The smallest absolute Gasteiger partial charge is 0.371 e. The third-order valence-electron chi connectivity index (χ3n) is 3.36. The number of unbranched alkanes of at least 4 members (excludes halogenated alkanes) is 2. The quantitative estimate of drug-likeness (QED) is 0.710. The first kappa shape index (κ1) is 15.2. The van der Waals surface area contributed by atoms with Crippen molar-refractivity contribution in [2.24, 2.45) is 0 Å². The second-order valence-electron chi connectivity index (χ2n) is 5.08. The largest absolute Gasteiger partial charge is 0.475 e. The number of carboxylic acid groups (broad SMARTS) is 1. The Morgan fingerprint density at radius 3 is 2.52 bits per heavy atom. The van der Waals surface area contributed by atoms with Gasteiger partial charge >= 0.3 is 5.97 Å². The van der Waals surface area contributed by atoms with E-state index in [0.29, 0.717) is 12.3 Å². The molecule has 21 heavy (non-hydrogen) atoms. The van der Waals surface area contributed by atoms with Gasteiger partial charge in [-0.25, -0.2) is 4.79 Å². The third-order valence-corrected chi connectivity index (χ3v) is 3.36. The van der Waals surface area contributed by atoms with E-state index in [1.807, 2.05) is 12.1 Å². The van der Waals surface area contributed by atoms with Gasteiger partial charge in [-0.05, 0) is 42.7 Å². The lowest BCUT2D eigenvalue weighted by Gasteiger charge is -2.06. The van der Waals surface area contributed by atoms with Crippen LogP contribution in [0.15, 0.2) is 40.8 Å². The lowest BCUT2D eigenvalue weighted by Crippen LogP contribution is -1.98.